The number of nitrogens with one attached hydrogen (secondary N) is 2. The van der Waals surface area contributed by atoms with E-state index in [1.165, 1.54) is 24.1 Å². The summed E-state index contributed by atoms with van der Waals surface area (Å²) >= 11 is 0. The SMILES string of the molecule is COCCC1(CNC(=O)C2CNc3ccccc3C2)CC1. The summed E-state index contributed by atoms with van der Waals surface area (Å²) < 4.78 is 5.16. The minimum absolute atomic E-state index is 0.0399. The number of hydrogen-bond donors (Lipinski definition) is 2. The molecular formula is C17H24N2O2. The first-order chi connectivity index (χ1) is 10.2. The molecule has 1 fully saturated rings. The molecule has 1 saturated carbocycles. The van der Waals surface area contributed by atoms with Crippen LogP contribution in [0.25, 0.3) is 0 Å². The Labute approximate surface area is 126 Å². The van der Waals surface area contributed by atoms with E-state index in [-0.39, 0.29) is 11.8 Å². The molecule has 0 spiro atoms. The molecular weight excluding hydrogens is 264 g/mol. The zero-order valence-electron chi connectivity index (χ0n) is 12.7. The van der Waals surface area contributed by atoms with Gasteiger partial charge in [0.1, 0.15) is 0 Å². The van der Waals surface area contributed by atoms with Gasteiger partial charge in [0, 0.05) is 32.5 Å². The molecule has 0 saturated heterocycles. The van der Waals surface area contributed by atoms with Gasteiger partial charge in [-0.1, -0.05) is 18.2 Å². The van der Waals surface area contributed by atoms with Crippen LogP contribution in [-0.4, -0.2) is 32.7 Å². The normalized spacial score (nSPS) is 22.0. The predicted octanol–water partition coefficient (Wildman–Crippen LogP) is 2.20. The first-order valence-corrected chi connectivity index (χ1v) is 7.81. The lowest BCUT2D eigenvalue weighted by atomic mass is 9.93. The van der Waals surface area contributed by atoms with E-state index in [1.54, 1.807) is 7.11 Å². The van der Waals surface area contributed by atoms with Crippen LogP contribution in [-0.2, 0) is 16.0 Å². The summed E-state index contributed by atoms with van der Waals surface area (Å²) in [5.74, 6) is 0.221. The van der Waals surface area contributed by atoms with E-state index >= 15 is 0 Å². The number of methoxy groups -OCH3 is 1. The smallest absolute Gasteiger partial charge is 0.225 e. The first-order valence-electron chi connectivity index (χ1n) is 7.81. The van der Waals surface area contributed by atoms with Gasteiger partial charge in [0.05, 0.1) is 5.92 Å². The molecule has 21 heavy (non-hydrogen) atoms. The lowest BCUT2D eigenvalue weighted by molar-refractivity contribution is -0.124. The van der Waals surface area contributed by atoms with Gasteiger partial charge in [-0.15, -0.1) is 0 Å². The van der Waals surface area contributed by atoms with Gasteiger partial charge in [0.2, 0.25) is 5.91 Å². The third-order valence-electron chi connectivity index (χ3n) is 4.82. The molecule has 4 nitrogen and oxygen atoms in total. The number of fused-ring (bicyclic) bond motifs is 1. The number of amides is 1. The van der Waals surface area contributed by atoms with Crippen LogP contribution < -0.4 is 10.6 Å². The highest BCUT2D eigenvalue weighted by Gasteiger charge is 2.42. The van der Waals surface area contributed by atoms with Crippen LogP contribution in [0.5, 0.6) is 0 Å². The molecule has 1 aliphatic carbocycles. The number of hydrogen-bond acceptors (Lipinski definition) is 3. The van der Waals surface area contributed by atoms with E-state index in [0.29, 0.717) is 5.41 Å². The zero-order chi connectivity index (χ0) is 14.7. The second kappa shape index (κ2) is 6.06. The van der Waals surface area contributed by atoms with Crippen LogP contribution in [0.4, 0.5) is 5.69 Å². The fourth-order valence-corrected chi connectivity index (χ4v) is 3.06. The maximum Gasteiger partial charge on any atom is 0.225 e. The molecule has 1 heterocycles. The Kier molecular flexibility index (Phi) is 4.15. The number of ether oxygens (including phenoxy) is 1. The number of benzene rings is 1. The minimum atomic E-state index is 0.0399. The summed E-state index contributed by atoms with van der Waals surface area (Å²) in [4.78, 5) is 12.4. The Morgan fingerprint density at radius 1 is 1.43 bits per heavy atom. The highest BCUT2D eigenvalue weighted by Crippen LogP contribution is 2.48. The summed E-state index contributed by atoms with van der Waals surface area (Å²) in [5, 5.41) is 6.52. The Morgan fingerprint density at radius 2 is 2.24 bits per heavy atom. The van der Waals surface area contributed by atoms with E-state index < -0.39 is 0 Å². The second-order valence-corrected chi connectivity index (χ2v) is 6.40. The number of anilines is 1. The number of rotatable bonds is 6. The van der Waals surface area contributed by atoms with Crippen molar-refractivity contribution in [3.8, 4) is 0 Å². The van der Waals surface area contributed by atoms with Gasteiger partial charge in [0.25, 0.3) is 0 Å². The van der Waals surface area contributed by atoms with E-state index in [1.807, 2.05) is 12.1 Å². The van der Waals surface area contributed by atoms with Crippen molar-refractivity contribution in [2.24, 2.45) is 11.3 Å². The third kappa shape index (κ3) is 3.38. The lowest BCUT2D eigenvalue weighted by Crippen LogP contribution is -2.40. The van der Waals surface area contributed by atoms with E-state index in [0.717, 1.165) is 32.5 Å². The zero-order valence-corrected chi connectivity index (χ0v) is 12.7. The quantitative estimate of drug-likeness (QED) is 0.844. The topological polar surface area (TPSA) is 50.4 Å². The monoisotopic (exact) mass is 288 g/mol. The first kappa shape index (κ1) is 14.4. The highest BCUT2D eigenvalue weighted by molar-refractivity contribution is 5.80. The molecule has 1 unspecified atom stereocenters. The van der Waals surface area contributed by atoms with Crippen molar-refractivity contribution in [2.75, 3.05) is 32.1 Å². The molecule has 1 aliphatic heterocycles. The molecule has 1 aromatic rings. The molecule has 0 radical (unpaired) electrons. The predicted molar refractivity (Wildman–Crippen MR) is 83.3 cm³/mol. The van der Waals surface area contributed by atoms with Gasteiger partial charge in [-0.3, -0.25) is 4.79 Å². The van der Waals surface area contributed by atoms with Crippen molar-refractivity contribution in [1.82, 2.24) is 5.32 Å². The molecule has 1 amide bonds. The van der Waals surface area contributed by atoms with E-state index in [4.69, 9.17) is 4.74 Å². The Balaban J connectivity index is 1.51. The number of carbonyl (C=O) groups excluding carboxylic acids is 1. The molecule has 3 rings (SSSR count). The van der Waals surface area contributed by atoms with Crippen molar-refractivity contribution in [1.29, 1.82) is 0 Å². The van der Waals surface area contributed by atoms with Crippen LogP contribution in [0.15, 0.2) is 24.3 Å². The lowest BCUT2D eigenvalue weighted by Gasteiger charge is -2.26. The summed E-state index contributed by atoms with van der Waals surface area (Å²) in [6, 6.07) is 8.24. The molecule has 1 aromatic carbocycles. The Hall–Kier alpha value is -1.55. The van der Waals surface area contributed by atoms with Crippen LogP contribution in [0.3, 0.4) is 0 Å². The van der Waals surface area contributed by atoms with E-state index in [2.05, 4.69) is 22.8 Å². The fourth-order valence-electron chi connectivity index (χ4n) is 3.06. The minimum Gasteiger partial charge on any atom is -0.385 e. The van der Waals surface area contributed by atoms with Gasteiger partial charge in [-0.25, -0.2) is 0 Å². The van der Waals surface area contributed by atoms with Crippen molar-refractivity contribution in [3.63, 3.8) is 0 Å². The fraction of sp³-hybridized carbons (Fsp3) is 0.588. The molecule has 4 heteroatoms. The van der Waals surface area contributed by atoms with Crippen LogP contribution >= 0.6 is 0 Å². The third-order valence-corrected chi connectivity index (χ3v) is 4.82. The largest absolute Gasteiger partial charge is 0.385 e. The second-order valence-electron chi connectivity index (χ2n) is 6.40. The van der Waals surface area contributed by atoms with Crippen molar-refractivity contribution < 1.29 is 9.53 Å². The average Bonchev–Trinajstić information content (AvgIpc) is 3.30. The Bertz CT molecular complexity index is 511. The highest BCUT2D eigenvalue weighted by atomic mass is 16.5. The molecule has 0 aromatic heterocycles. The summed E-state index contributed by atoms with van der Waals surface area (Å²) in [5.41, 5.74) is 2.72. The summed E-state index contributed by atoms with van der Waals surface area (Å²) in [7, 11) is 1.74. The van der Waals surface area contributed by atoms with Gasteiger partial charge in [-0.05, 0) is 42.7 Å². The van der Waals surface area contributed by atoms with Gasteiger partial charge < -0.3 is 15.4 Å². The average molecular weight is 288 g/mol. The molecule has 1 atom stereocenters. The summed E-state index contributed by atoms with van der Waals surface area (Å²) in [6.45, 7) is 2.31. The van der Waals surface area contributed by atoms with Crippen LogP contribution in [0.1, 0.15) is 24.8 Å². The van der Waals surface area contributed by atoms with Crippen molar-refractivity contribution in [3.05, 3.63) is 29.8 Å². The maximum absolute atomic E-state index is 12.4. The maximum atomic E-state index is 12.4. The van der Waals surface area contributed by atoms with Gasteiger partial charge in [-0.2, -0.15) is 0 Å². The van der Waals surface area contributed by atoms with E-state index in [9.17, 15) is 4.79 Å². The van der Waals surface area contributed by atoms with Crippen molar-refractivity contribution >= 4 is 11.6 Å². The van der Waals surface area contributed by atoms with Crippen molar-refractivity contribution in [2.45, 2.75) is 25.7 Å². The molecule has 2 aliphatic rings. The van der Waals surface area contributed by atoms with Crippen LogP contribution in [0.2, 0.25) is 0 Å². The van der Waals surface area contributed by atoms with Crippen LogP contribution in [0, 0.1) is 11.3 Å². The van der Waals surface area contributed by atoms with Gasteiger partial charge >= 0.3 is 0 Å². The Morgan fingerprint density at radius 3 is 3.00 bits per heavy atom. The molecule has 114 valence electrons. The number of carbonyl (C=O) groups is 1. The summed E-state index contributed by atoms with van der Waals surface area (Å²) in [6.07, 6.45) is 4.31. The standard InChI is InChI=1S/C17H24N2O2/c1-21-9-8-17(6-7-17)12-19-16(20)14-10-13-4-2-3-5-15(13)18-11-14/h2-5,14,18H,6-12H2,1H3,(H,19,20). The van der Waals surface area contributed by atoms with Gasteiger partial charge in [0.15, 0.2) is 0 Å². The number of para-hydroxylation sites is 1. The molecule has 0 bridgehead atoms. The molecule has 2 N–H and O–H groups in total.